The molecule has 3 aliphatic heterocycles. The highest BCUT2D eigenvalue weighted by Crippen LogP contribution is 2.45. The van der Waals surface area contributed by atoms with Crippen LogP contribution in [0.25, 0.3) is 0 Å². The second kappa shape index (κ2) is 5.97. The lowest BCUT2D eigenvalue weighted by Crippen LogP contribution is -2.62. The molecule has 3 heterocycles. The van der Waals surface area contributed by atoms with Crippen LogP contribution in [0.4, 0.5) is 0 Å². The molecule has 0 unspecified atom stereocenters. The molecule has 3 aliphatic rings. The summed E-state index contributed by atoms with van der Waals surface area (Å²) in [6.45, 7) is 8.22. The van der Waals surface area contributed by atoms with Gasteiger partial charge in [0.1, 0.15) is 29.9 Å². The summed E-state index contributed by atoms with van der Waals surface area (Å²) >= 11 is 1.66. The molecule has 0 aliphatic carbocycles. The minimum absolute atomic E-state index is 0.155. The van der Waals surface area contributed by atoms with Gasteiger partial charge < -0.3 is 23.7 Å². The fourth-order valence-corrected chi connectivity index (χ4v) is 4.60. The van der Waals surface area contributed by atoms with Gasteiger partial charge in [0.2, 0.25) is 0 Å². The van der Waals surface area contributed by atoms with Crippen molar-refractivity contribution in [3.63, 3.8) is 0 Å². The monoisotopic (exact) mass is 352 g/mol. The molecule has 0 radical (unpaired) electrons. The van der Waals surface area contributed by atoms with Crippen LogP contribution in [-0.4, -0.2) is 48.0 Å². The van der Waals surface area contributed by atoms with E-state index in [1.165, 1.54) is 0 Å². The minimum Gasteiger partial charge on any atom is -0.356 e. The molecule has 0 bridgehead atoms. The molecule has 0 amide bonds. The molecule has 3 fully saturated rings. The zero-order valence-corrected chi connectivity index (χ0v) is 15.2. The zero-order valence-electron chi connectivity index (χ0n) is 14.4. The summed E-state index contributed by atoms with van der Waals surface area (Å²) in [4.78, 5) is 1.14. The van der Waals surface area contributed by atoms with Crippen LogP contribution < -0.4 is 0 Å². The fraction of sp³-hybridized carbons (Fsp3) is 0.667. The lowest BCUT2D eigenvalue weighted by molar-refractivity contribution is -0.342. The van der Waals surface area contributed by atoms with Gasteiger partial charge in [-0.1, -0.05) is 30.0 Å². The number of hydrogen-bond donors (Lipinski definition) is 0. The van der Waals surface area contributed by atoms with Gasteiger partial charge in [-0.2, -0.15) is 0 Å². The Labute approximate surface area is 146 Å². The van der Waals surface area contributed by atoms with Crippen molar-refractivity contribution >= 4 is 11.8 Å². The largest absolute Gasteiger partial charge is 0.356 e. The summed E-state index contributed by atoms with van der Waals surface area (Å²) in [5, 5.41) is 0. The molecule has 0 aromatic heterocycles. The quantitative estimate of drug-likeness (QED) is 0.815. The number of thioether (sulfide) groups is 1. The first kappa shape index (κ1) is 16.8. The molecular formula is C18H24O5S. The maximum absolute atomic E-state index is 6.30. The molecule has 24 heavy (non-hydrogen) atoms. The Kier molecular flexibility index (Phi) is 4.18. The number of ether oxygens (including phenoxy) is 5. The SMILES string of the molecule is CC1(C)OC[C@H]2O[C@@H](Sc3ccccc3)[C@H]3OC(C)(C)O[C@H]3[C@@H]2O1. The Bertz CT molecular complexity index is 590. The summed E-state index contributed by atoms with van der Waals surface area (Å²) in [7, 11) is 0. The summed E-state index contributed by atoms with van der Waals surface area (Å²) in [5.74, 6) is -1.28. The standard InChI is InChI=1S/C18H24O5S/c1-17(2)19-10-12-13(21-17)14-15(23-18(3,4)22-14)16(20-12)24-11-8-6-5-7-9-11/h5-9,12-16H,10H2,1-4H3/t12-,13-,14+,15+,16+/m1/s1. The second-order valence-corrected chi connectivity index (χ2v) is 8.50. The molecule has 3 saturated heterocycles. The van der Waals surface area contributed by atoms with Crippen LogP contribution in [0.3, 0.4) is 0 Å². The first-order valence-electron chi connectivity index (χ1n) is 8.38. The number of fused-ring (bicyclic) bond motifs is 3. The van der Waals surface area contributed by atoms with Gasteiger partial charge in [-0.25, -0.2) is 0 Å². The average Bonchev–Trinajstić information content (AvgIpc) is 2.85. The lowest BCUT2D eigenvalue weighted by Gasteiger charge is -2.48. The van der Waals surface area contributed by atoms with Crippen molar-refractivity contribution in [3.05, 3.63) is 30.3 Å². The van der Waals surface area contributed by atoms with Crippen LogP contribution in [0.1, 0.15) is 27.7 Å². The van der Waals surface area contributed by atoms with E-state index >= 15 is 0 Å². The van der Waals surface area contributed by atoms with Gasteiger partial charge in [-0.3, -0.25) is 0 Å². The molecule has 6 heteroatoms. The van der Waals surface area contributed by atoms with Crippen molar-refractivity contribution in [1.82, 2.24) is 0 Å². The highest BCUT2D eigenvalue weighted by molar-refractivity contribution is 7.99. The van der Waals surface area contributed by atoms with E-state index in [1.807, 2.05) is 45.9 Å². The van der Waals surface area contributed by atoms with E-state index in [-0.39, 0.29) is 29.9 Å². The second-order valence-electron chi connectivity index (χ2n) is 7.33. The van der Waals surface area contributed by atoms with E-state index in [0.717, 1.165) is 4.90 Å². The van der Waals surface area contributed by atoms with Crippen molar-refractivity contribution < 1.29 is 23.7 Å². The number of rotatable bonds is 2. The van der Waals surface area contributed by atoms with Crippen molar-refractivity contribution in [3.8, 4) is 0 Å². The summed E-state index contributed by atoms with van der Waals surface area (Å²) in [6, 6.07) is 10.2. The van der Waals surface area contributed by atoms with Crippen LogP contribution in [0, 0.1) is 0 Å². The minimum atomic E-state index is -0.644. The normalized spacial score (nSPS) is 39.9. The average molecular weight is 352 g/mol. The van der Waals surface area contributed by atoms with Gasteiger partial charge in [-0.15, -0.1) is 0 Å². The molecule has 1 aromatic carbocycles. The molecule has 5 atom stereocenters. The third kappa shape index (κ3) is 3.23. The molecule has 1 aromatic rings. The number of benzene rings is 1. The lowest BCUT2D eigenvalue weighted by atomic mass is 9.98. The maximum Gasteiger partial charge on any atom is 0.164 e. The van der Waals surface area contributed by atoms with Crippen molar-refractivity contribution in [2.45, 2.75) is 74.0 Å². The highest BCUT2D eigenvalue weighted by Gasteiger charge is 2.58. The molecule has 0 spiro atoms. The van der Waals surface area contributed by atoms with E-state index in [9.17, 15) is 0 Å². The van der Waals surface area contributed by atoms with E-state index < -0.39 is 11.6 Å². The fourth-order valence-electron chi connectivity index (χ4n) is 3.47. The van der Waals surface area contributed by atoms with E-state index in [0.29, 0.717) is 6.61 Å². The van der Waals surface area contributed by atoms with Crippen LogP contribution in [0.5, 0.6) is 0 Å². The van der Waals surface area contributed by atoms with Gasteiger partial charge in [-0.05, 0) is 39.8 Å². The van der Waals surface area contributed by atoms with Gasteiger partial charge in [0, 0.05) is 4.90 Å². The van der Waals surface area contributed by atoms with Crippen molar-refractivity contribution in [1.29, 1.82) is 0 Å². The topological polar surface area (TPSA) is 46.2 Å². The smallest absolute Gasteiger partial charge is 0.164 e. The summed E-state index contributed by atoms with van der Waals surface area (Å²) in [6.07, 6.45) is -0.686. The molecule has 4 rings (SSSR count). The highest BCUT2D eigenvalue weighted by atomic mass is 32.2. The molecule has 132 valence electrons. The van der Waals surface area contributed by atoms with Crippen LogP contribution in [-0.2, 0) is 23.7 Å². The maximum atomic E-state index is 6.30. The first-order chi connectivity index (χ1) is 11.3. The van der Waals surface area contributed by atoms with Crippen LogP contribution in [0.2, 0.25) is 0 Å². The molecular weight excluding hydrogens is 328 g/mol. The van der Waals surface area contributed by atoms with Crippen molar-refractivity contribution in [2.75, 3.05) is 6.61 Å². The Balaban J connectivity index is 1.59. The van der Waals surface area contributed by atoms with Gasteiger partial charge >= 0.3 is 0 Å². The van der Waals surface area contributed by atoms with Crippen molar-refractivity contribution in [2.24, 2.45) is 0 Å². The van der Waals surface area contributed by atoms with E-state index in [4.69, 9.17) is 23.7 Å². The summed E-state index contributed by atoms with van der Waals surface area (Å²) in [5.41, 5.74) is -0.158. The van der Waals surface area contributed by atoms with Gasteiger partial charge in [0.15, 0.2) is 11.6 Å². The first-order valence-corrected chi connectivity index (χ1v) is 9.26. The molecule has 0 N–H and O–H groups in total. The Morgan fingerprint density at radius 2 is 1.54 bits per heavy atom. The van der Waals surface area contributed by atoms with Crippen LogP contribution >= 0.6 is 11.8 Å². The summed E-state index contributed by atoms with van der Waals surface area (Å²) < 4.78 is 30.6. The van der Waals surface area contributed by atoms with E-state index in [2.05, 4.69) is 12.1 Å². The predicted molar refractivity (Wildman–Crippen MR) is 89.7 cm³/mol. The third-order valence-electron chi connectivity index (χ3n) is 4.44. The third-order valence-corrected chi connectivity index (χ3v) is 5.60. The van der Waals surface area contributed by atoms with Gasteiger partial charge in [0.05, 0.1) is 6.61 Å². The van der Waals surface area contributed by atoms with Crippen LogP contribution in [0.15, 0.2) is 35.2 Å². The number of hydrogen-bond acceptors (Lipinski definition) is 6. The molecule has 5 nitrogen and oxygen atoms in total. The Hall–Kier alpha value is -0.630. The van der Waals surface area contributed by atoms with Gasteiger partial charge in [0.25, 0.3) is 0 Å². The Morgan fingerprint density at radius 3 is 2.29 bits per heavy atom. The predicted octanol–water partition coefficient (Wildman–Crippen LogP) is 3.18. The van der Waals surface area contributed by atoms with E-state index in [1.54, 1.807) is 11.8 Å². The Morgan fingerprint density at radius 1 is 0.875 bits per heavy atom. The molecule has 0 saturated carbocycles. The zero-order chi connectivity index (χ0) is 16.9.